The molecule has 4 N–H and O–H groups in total. The SMILES string of the molecule is CNc1cc(Nc2cccn(-c3cnc(C(C)(C)O)cn3)c2=O)nn2c(C(=O)N[C@@H]3C[C@@H]3F)cnc12. The number of rotatable bonds is 7. The molecular weight excluding hydrogens is 469 g/mol. The van der Waals surface area contributed by atoms with E-state index in [1.54, 1.807) is 45.3 Å². The van der Waals surface area contributed by atoms with Crippen molar-refractivity contribution in [2.75, 3.05) is 17.7 Å². The van der Waals surface area contributed by atoms with Crippen molar-refractivity contribution in [2.45, 2.75) is 38.1 Å². The quantitative estimate of drug-likeness (QED) is 0.300. The standard InChI is InChI=1S/C23H24FN9O3/c1-23(2,36)17-10-27-19(11-26-17)32-6-4-5-13(22(32)35)29-18-8-15(25-3)20-28-9-16(33(20)31-18)21(34)30-14-7-12(14)24/h4-6,8-12,14,25,36H,7H2,1-3H3,(H,29,31)(H,30,34)/t12-,14+/m0/s1. The molecule has 2 atom stereocenters. The molecule has 0 spiro atoms. The Morgan fingerprint density at radius 3 is 2.61 bits per heavy atom. The third kappa shape index (κ3) is 4.35. The zero-order valence-corrected chi connectivity index (χ0v) is 19.7. The molecule has 0 saturated heterocycles. The number of carbonyl (C=O) groups excluding carboxylic acids is 1. The van der Waals surface area contributed by atoms with Crippen LogP contribution in [0.15, 0.2) is 47.8 Å². The van der Waals surface area contributed by atoms with Crippen LogP contribution < -0.4 is 21.5 Å². The molecule has 5 rings (SSSR count). The number of anilines is 3. The van der Waals surface area contributed by atoms with Crippen molar-refractivity contribution in [1.29, 1.82) is 0 Å². The second-order valence-electron chi connectivity index (χ2n) is 8.94. The predicted octanol–water partition coefficient (Wildman–Crippen LogP) is 1.52. The van der Waals surface area contributed by atoms with Crippen molar-refractivity contribution in [2.24, 2.45) is 0 Å². The van der Waals surface area contributed by atoms with Gasteiger partial charge < -0.3 is 21.1 Å². The molecule has 0 aliphatic heterocycles. The lowest BCUT2D eigenvalue weighted by Gasteiger charge is -2.16. The summed E-state index contributed by atoms with van der Waals surface area (Å²) in [5.74, 6) is 0.0530. The van der Waals surface area contributed by atoms with E-state index in [1.165, 1.54) is 27.7 Å². The van der Waals surface area contributed by atoms with Crippen LogP contribution in [0.5, 0.6) is 0 Å². The Balaban J connectivity index is 1.48. The van der Waals surface area contributed by atoms with Crippen molar-refractivity contribution >= 4 is 28.7 Å². The van der Waals surface area contributed by atoms with E-state index >= 15 is 0 Å². The number of halogens is 1. The van der Waals surface area contributed by atoms with Crippen LogP contribution in [0.3, 0.4) is 0 Å². The summed E-state index contributed by atoms with van der Waals surface area (Å²) in [7, 11) is 1.69. The summed E-state index contributed by atoms with van der Waals surface area (Å²) in [6.07, 6.45) is 4.97. The van der Waals surface area contributed by atoms with E-state index in [-0.39, 0.29) is 29.4 Å². The summed E-state index contributed by atoms with van der Waals surface area (Å²) in [5.41, 5.74) is 0.0848. The first-order valence-corrected chi connectivity index (χ1v) is 11.2. The first kappa shape index (κ1) is 23.4. The number of aromatic nitrogens is 6. The molecule has 13 heteroatoms. The fourth-order valence-corrected chi connectivity index (χ4v) is 3.59. The van der Waals surface area contributed by atoms with E-state index in [9.17, 15) is 19.1 Å². The minimum Gasteiger partial charge on any atom is -0.385 e. The van der Waals surface area contributed by atoms with Gasteiger partial charge in [0.25, 0.3) is 11.5 Å². The van der Waals surface area contributed by atoms with Gasteiger partial charge in [-0.25, -0.2) is 18.9 Å². The summed E-state index contributed by atoms with van der Waals surface area (Å²) in [6, 6.07) is 4.39. The lowest BCUT2D eigenvalue weighted by atomic mass is 10.1. The number of fused-ring (bicyclic) bond motifs is 1. The Morgan fingerprint density at radius 1 is 1.19 bits per heavy atom. The normalized spacial score (nSPS) is 17.1. The molecule has 0 aromatic carbocycles. The lowest BCUT2D eigenvalue weighted by Crippen LogP contribution is -2.28. The molecule has 0 radical (unpaired) electrons. The number of amides is 1. The summed E-state index contributed by atoms with van der Waals surface area (Å²) < 4.78 is 15.9. The van der Waals surface area contributed by atoms with Gasteiger partial charge >= 0.3 is 0 Å². The average Bonchev–Trinajstić information content (AvgIpc) is 3.36. The molecule has 0 unspecified atom stereocenters. The van der Waals surface area contributed by atoms with E-state index in [2.05, 4.69) is 36.0 Å². The summed E-state index contributed by atoms with van der Waals surface area (Å²) in [4.78, 5) is 38.5. The number of nitrogens with one attached hydrogen (secondary N) is 3. The third-order valence-electron chi connectivity index (χ3n) is 5.72. The van der Waals surface area contributed by atoms with Gasteiger partial charge in [0.1, 0.15) is 17.5 Å². The highest BCUT2D eigenvalue weighted by Gasteiger charge is 2.39. The van der Waals surface area contributed by atoms with Crippen LogP contribution in [-0.2, 0) is 5.60 Å². The van der Waals surface area contributed by atoms with E-state index in [1.807, 2.05) is 0 Å². The Kier molecular flexibility index (Phi) is 5.63. The summed E-state index contributed by atoms with van der Waals surface area (Å²) >= 11 is 0. The third-order valence-corrected chi connectivity index (χ3v) is 5.72. The maximum Gasteiger partial charge on any atom is 0.280 e. The Morgan fingerprint density at radius 2 is 1.97 bits per heavy atom. The highest BCUT2D eigenvalue weighted by atomic mass is 19.1. The van der Waals surface area contributed by atoms with Crippen molar-refractivity contribution in [3.8, 4) is 5.82 Å². The monoisotopic (exact) mass is 493 g/mol. The molecule has 1 saturated carbocycles. The number of nitrogens with zero attached hydrogens (tertiary/aromatic N) is 6. The molecule has 4 heterocycles. The summed E-state index contributed by atoms with van der Waals surface area (Å²) in [6.45, 7) is 3.19. The Hall–Kier alpha value is -4.39. The Bertz CT molecular complexity index is 1510. The number of alkyl halides is 1. The highest BCUT2D eigenvalue weighted by Crippen LogP contribution is 2.26. The average molecular weight is 494 g/mol. The summed E-state index contributed by atoms with van der Waals surface area (Å²) in [5, 5.41) is 23.1. The number of hydrogen-bond donors (Lipinski definition) is 4. The van der Waals surface area contributed by atoms with E-state index in [0.29, 0.717) is 17.0 Å². The second kappa shape index (κ2) is 8.68. The van der Waals surface area contributed by atoms with Crippen LogP contribution in [0.2, 0.25) is 0 Å². The van der Waals surface area contributed by atoms with Gasteiger partial charge in [0.05, 0.1) is 36.0 Å². The van der Waals surface area contributed by atoms with Crippen LogP contribution in [0, 0.1) is 0 Å². The smallest absolute Gasteiger partial charge is 0.280 e. The van der Waals surface area contributed by atoms with Crippen molar-refractivity contribution in [3.05, 3.63) is 64.7 Å². The Labute approximate surface area is 204 Å². The van der Waals surface area contributed by atoms with Gasteiger partial charge in [0, 0.05) is 25.7 Å². The molecule has 4 aromatic heterocycles. The molecule has 1 aliphatic carbocycles. The van der Waals surface area contributed by atoms with Gasteiger partial charge in [-0.1, -0.05) is 0 Å². The molecule has 1 aliphatic rings. The first-order chi connectivity index (χ1) is 17.2. The number of imidazole rings is 1. The van der Waals surface area contributed by atoms with Crippen molar-refractivity contribution in [1.82, 2.24) is 34.4 Å². The van der Waals surface area contributed by atoms with E-state index in [4.69, 9.17) is 0 Å². The van der Waals surface area contributed by atoms with Crippen molar-refractivity contribution < 1.29 is 14.3 Å². The second-order valence-corrected chi connectivity index (χ2v) is 8.94. The fourth-order valence-electron chi connectivity index (χ4n) is 3.59. The largest absolute Gasteiger partial charge is 0.385 e. The topological polar surface area (TPSA) is 151 Å². The van der Waals surface area contributed by atoms with Crippen LogP contribution >= 0.6 is 0 Å². The molecular formula is C23H24FN9O3. The molecule has 1 fully saturated rings. The predicted molar refractivity (Wildman–Crippen MR) is 129 cm³/mol. The number of pyridine rings is 1. The molecule has 0 bridgehead atoms. The number of aliphatic hydroxyl groups is 1. The lowest BCUT2D eigenvalue weighted by molar-refractivity contribution is 0.0734. The van der Waals surface area contributed by atoms with Gasteiger partial charge in [0.2, 0.25) is 0 Å². The maximum absolute atomic E-state index is 13.3. The van der Waals surface area contributed by atoms with Crippen LogP contribution in [0.4, 0.5) is 21.6 Å². The van der Waals surface area contributed by atoms with Gasteiger partial charge in [0.15, 0.2) is 23.0 Å². The van der Waals surface area contributed by atoms with Gasteiger partial charge in [-0.2, -0.15) is 0 Å². The molecule has 36 heavy (non-hydrogen) atoms. The van der Waals surface area contributed by atoms with E-state index < -0.39 is 29.3 Å². The van der Waals surface area contributed by atoms with Crippen molar-refractivity contribution in [3.63, 3.8) is 0 Å². The minimum atomic E-state index is -1.16. The van der Waals surface area contributed by atoms with Crippen LogP contribution in [0.25, 0.3) is 11.5 Å². The minimum absolute atomic E-state index is 0.136. The van der Waals surface area contributed by atoms with Gasteiger partial charge in [-0.05, 0) is 26.0 Å². The van der Waals surface area contributed by atoms with Gasteiger partial charge in [-0.3, -0.25) is 19.1 Å². The number of hydrogen-bond acceptors (Lipinski definition) is 9. The van der Waals surface area contributed by atoms with Crippen LogP contribution in [-0.4, -0.2) is 59.4 Å². The van der Waals surface area contributed by atoms with Crippen LogP contribution in [0.1, 0.15) is 36.5 Å². The fraction of sp³-hybridized carbons (Fsp3) is 0.304. The number of carbonyl (C=O) groups is 1. The molecule has 1 amide bonds. The highest BCUT2D eigenvalue weighted by molar-refractivity contribution is 5.94. The molecule has 12 nitrogen and oxygen atoms in total. The maximum atomic E-state index is 13.3. The van der Waals surface area contributed by atoms with E-state index in [0.717, 1.165) is 0 Å². The van der Waals surface area contributed by atoms with Gasteiger partial charge in [-0.15, -0.1) is 5.10 Å². The first-order valence-electron chi connectivity index (χ1n) is 11.2. The molecule has 186 valence electrons. The molecule has 4 aromatic rings. The zero-order chi connectivity index (χ0) is 25.6. The zero-order valence-electron chi connectivity index (χ0n) is 19.7.